The summed E-state index contributed by atoms with van der Waals surface area (Å²) in [6.07, 6.45) is 7.85. The molecule has 0 atom stereocenters. The summed E-state index contributed by atoms with van der Waals surface area (Å²) in [4.78, 5) is 0. The van der Waals surface area contributed by atoms with Gasteiger partial charge in [0, 0.05) is 13.2 Å². The van der Waals surface area contributed by atoms with Gasteiger partial charge < -0.3 is 4.74 Å². The summed E-state index contributed by atoms with van der Waals surface area (Å²) in [7, 11) is 0. The van der Waals surface area contributed by atoms with Gasteiger partial charge in [0.05, 0.1) is 0 Å². The van der Waals surface area contributed by atoms with Crippen LogP contribution in [0, 0.1) is 5.41 Å². The Morgan fingerprint density at radius 2 is 1.58 bits per heavy atom. The Morgan fingerprint density at radius 3 is 2.17 bits per heavy atom. The molecule has 1 nitrogen and oxygen atoms in total. The zero-order valence-electron chi connectivity index (χ0n) is 7.77. The van der Waals surface area contributed by atoms with E-state index < -0.39 is 0 Å². The fourth-order valence-electron chi connectivity index (χ4n) is 2.44. The average Bonchev–Trinajstić information content (AvgIpc) is 2.13. The van der Waals surface area contributed by atoms with Crippen LogP contribution in [0.25, 0.3) is 0 Å². The molecule has 1 spiro atoms. The topological polar surface area (TPSA) is 9.23 Å². The van der Waals surface area contributed by atoms with Crippen LogP contribution in [0.5, 0.6) is 0 Å². The fourth-order valence-corrected chi connectivity index (χ4v) is 2.44. The summed E-state index contributed by atoms with van der Waals surface area (Å²) in [5.74, 6) is 0. The van der Waals surface area contributed by atoms with Crippen molar-refractivity contribution >= 4 is 0 Å². The Bertz CT molecular complexity index is 165. The minimum Gasteiger partial charge on any atom is -0.381 e. The van der Waals surface area contributed by atoms with Crippen LogP contribution in [0.15, 0.2) is 12.2 Å². The molecular formula is C11H18O. The molecule has 0 aromatic rings. The van der Waals surface area contributed by atoms with Crippen molar-refractivity contribution in [2.45, 2.75) is 38.5 Å². The molecule has 12 heavy (non-hydrogen) atoms. The molecule has 68 valence electrons. The van der Waals surface area contributed by atoms with Gasteiger partial charge in [-0.05, 0) is 43.9 Å². The molecule has 0 N–H and O–H groups in total. The Labute approximate surface area is 74.8 Å². The van der Waals surface area contributed by atoms with Gasteiger partial charge in [-0.1, -0.05) is 12.2 Å². The SMILES string of the molecule is C=C1CCC2(CCOCC2)CC1. The van der Waals surface area contributed by atoms with Crippen molar-refractivity contribution in [2.24, 2.45) is 5.41 Å². The van der Waals surface area contributed by atoms with Gasteiger partial charge in [0.2, 0.25) is 0 Å². The third-order valence-electron chi connectivity index (χ3n) is 3.57. The van der Waals surface area contributed by atoms with E-state index in [4.69, 9.17) is 4.74 Å². The Balaban J connectivity index is 1.96. The summed E-state index contributed by atoms with van der Waals surface area (Å²) >= 11 is 0. The molecule has 1 aliphatic carbocycles. The van der Waals surface area contributed by atoms with E-state index in [0.717, 1.165) is 13.2 Å². The van der Waals surface area contributed by atoms with Crippen molar-refractivity contribution in [3.63, 3.8) is 0 Å². The van der Waals surface area contributed by atoms with Gasteiger partial charge in [0.15, 0.2) is 0 Å². The van der Waals surface area contributed by atoms with Crippen molar-refractivity contribution in [2.75, 3.05) is 13.2 Å². The normalized spacial score (nSPS) is 29.2. The maximum absolute atomic E-state index is 5.40. The van der Waals surface area contributed by atoms with E-state index in [1.54, 1.807) is 0 Å². The van der Waals surface area contributed by atoms with Crippen molar-refractivity contribution in [1.82, 2.24) is 0 Å². The van der Waals surface area contributed by atoms with Crippen molar-refractivity contribution in [3.8, 4) is 0 Å². The summed E-state index contributed by atoms with van der Waals surface area (Å²) in [6, 6.07) is 0. The van der Waals surface area contributed by atoms with Crippen LogP contribution >= 0.6 is 0 Å². The van der Waals surface area contributed by atoms with Crippen LogP contribution in [-0.2, 0) is 4.74 Å². The van der Waals surface area contributed by atoms with Crippen LogP contribution in [0.3, 0.4) is 0 Å². The van der Waals surface area contributed by atoms with Crippen molar-refractivity contribution < 1.29 is 4.74 Å². The number of rotatable bonds is 0. The van der Waals surface area contributed by atoms with Gasteiger partial charge in [-0.25, -0.2) is 0 Å². The first-order valence-electron chi connectivity index (χ1n) is 5.05. The van der Waals surface area contributed by atoms with Gasteiger partial charge in [-0.15, -0.1) is 0 Å². The molecule has 1 aliphatic heterocycles. The van der Waals surface area contributed by atoms with Gasteiger partial charge in [-0.3, -0.25) is 0 Å². The summed E-state index contributed by atoms with van der Waals surface area (Å²) in [6.45, 7) is 6.05. The van der Waals surface area contributed by atoms with Gasteiger partial charge in [0.1, 0.15) is 0 Å². The highest BCUT2D eigenvalue weighted by Crippen LogP contribution is 2.45. The molecular weight excluding hydrogens is 148 g/mol. The lowest BCUT2D eigenvalue weighted by molar-refractivity contribution is 0.000821. The predicted octanol–water partition coefficient (Wildman–Crippen LogP) is 2.91. The maximum atomic E-state index is 5.40. The van der Waals surface area contributed by atoms with Crippen molar-refractivity contribution in [3.05, 3.63) is 12.2 Å². The molecule has 1 heterocycles. The average molecular weight is 166 g/mol. The second kappa shape index (κ2) is 3.21. The second-order valence-electron chi connectivity index (χ2n) is 4.36. The fraction of sp³-hybridized carbons (Fsp3) is 0.818. The van der Waals surface area contributed by atoms with E-state index in [1.165, 1.54) is 44.1 Å². The minimum absolute atomic E-state index is 0.652. The number of allylic oxidation sites excluding steroid dienone is 1. The van der Waals surface area contributed by atoms with Crippen LogP contribution < -0.4 is 0 Å². The first-order chi connectivity index (χ1) is 5.81. The molecule has 2 rings (SSSR count). The predicted molar refractivity (Wildman–Crippen MR) is 50.1 cm³/mol. The Kier molecular flexibility index (Phi) is 2.22. The second-order valence-corrected chi connectivity index (χ2v) is 4.36. The van der Waals surface area contributed by atoms with Crippen LogP contribution in [0.4, 0.5) is 0 Å². The molecule has 2 fully saturated rings. The van der Waals surface area contributed by atoms with E-state index in [-0.39, 0.29) is 0 Å². The zero-order chi connectivity index (χ0) is 8.44. The number of hydrogen-bond donors (Lipinski definition) is 0. The zero-order valence-corrected chi connectivity index (χ0v) is 7.77. The van der Waals surface area contributed by atoms with Crippen LogP contribution in [0.1, 0.15) is 38.5 Å². The Hall–Kier alpha value is -0.300. The summed E-state index contributed by atoms with van der Waals surface area (Å²) < 4.78 is 5.40. The first-order valence-corrected chi connectivity index (χ1v) is 5.05. The lowest BCUT2D eigenvalue weighted by Crippen LogP contribution is -2.31. The maximum Gasteiger partial charge on any atom is 0.0471 e. The standard InChI is InChI=1S/C11H18O/c1-10-2-4-11(5-3-10)6-8-12-9-7-11/h1-9H2. The van der Waals surface area contributed by atoms with E-state index in [2.05, 4.69) is 6.58 Å². The van der Waals surface area contributed by atoms with Crippen LogP contribution in [0.2, 0.25) is 0 Å². The minimum atomic E-state index is 0.652. The monoisotopic (exact) mass is 166 g/mol. The molecule has 0 unspecified atom stereocenters. The largest absolute Gasteiger partial charge is 0.381 e. The number of hydrogen-bond acceptors (Lipinski definition) is 1. The summed E-state index contributed by atoms with van der Waals surface area (Å²) in [5.41, 5.74) is 2.12. The lowest BCUT2D eigenvalue weighted by Gasteiger charge is -2.40. The molecule has 1 saturated carbocycles. The third-order valence-corrected chi connectivity index (χ3v) is 3.57. The quantitative estimate of drug-likeness (QED) is 0.503. The molecule has 0 aromatic heterocycles. The Morgan fingerprint density at radius 1 is 1.00 bits per heavy atom. The highest BCUT2D eigenvalue weighted by molar-refractivity contribution is 5.02. The first kappa shape index (κ1) is 8.31. The van der Waals surface area contributed by atoms with E-state index in [9.17, 15) is 0 Å². The van der Waals surface area contributed by atoms with Crippen LogP contribution in [-0.4, -0.2) is 13.2 Å². The highest BCUT2D eigenvalue weighted by atomic mass is 16.5. The highest BCUT2D eigenvalue weighted by Gasteiger charge is 2.34. The van der Waals surface area contributed by atoms with Gasteiger partial charge >= 0.3 is 0 Å². The molecule has 0 bridgehead atoms. The molecule has 0 aromatic carbocycles. The number of ether oxygens (including phenoxy) is 1. The van der Waals surface area contributed by atoms with E-state index in [0.29, 0.717) is 5.41 Å². The van der Waals surface area contributed by atoms with Crippen molar-refractivity contribution in [1.29, 1.82) is 0 Å². The molecule has 1 heteroatoms. The molecule has 2 aliphatic rings. The van der Waals surface area contributed by atoms with E-state index in [1.807, 2.05) is 0 Å². The van der Waals surface area contributed by atoms with E-state index >= 15 is 0 Å². The lowest BCUT2D eigenvalue weighted by atomic mass is 9.68. The molecule has 0 radical (unpaired) electrons. The smallest absolute Gasteiger partial charge is 0.0471 e. The molecule has 0 amide bonds. The third kappa shape index (κ3) is 1.56. The molecule has 1 saturated heterocycles. The van der Waals surface area contributed by atoms with Gasteiger partial charge in [-0.2, -0.15) is 0 Å². The van der Waals surface area contributed by atoms with Gasteiger partial charge in [0.25, 0.3) is 0 Å². The summed E-state index contributed by atoms with van der Waals surface area (Å²) in [5, 5.41) is 0.